The van der Waals surface area contributed by atoms with Gasteiger partial charge in [0, 0.05) is 48.5 Å². The fraction of sp³-hybridized carbons (Fsp3) is 1.00. The van der Waals surface area contributed by atoms with Crippen LogP contribution >= 0.6 is 0 Å². The summed E-state index contributed by atoms with van der Waals surface area (Å²) in [5, 5.41) is 11.6. The molecule has 7 heteroatoms. The van der Waals surface area contributed by atoms with Crippen LogP contribution in [0.2, 0.25) is 0 Å². The summed E-state index contributed by atoms with van der Waals surface area (Å²) in [6.07, 6.45) is 7.38. The molecular weight excluding hydrogens is 635 g/mol. The van der Waals surface area contributed by atoms with Gasteiger partial charge in [-0.2, -0.15) is 0 Å². The second kappa shape index (κ2) is 18.6. The van der Waals surface area contributed by atoms with Crippen LogP contribution in [-0.2, 0) is 18.9 Å². The number of piperidine rings is 1. The fourth-order valence-corrected chi connectivity index (χ4v) is 8.45. The standard InChI is InChI=1S/C44H91N3O4/c1-22-23-35(31-48-21)45-33(3)26-41(13,14)51-34(4)27-38(7,8)44(19,20)49-25-24-37(5,6)43(17,18)50-30-32(2)42(15,16)46-36-28-39(9,10)47-40(11,12)29-36/h32-36,45-47H,22-31H2,1-21H3. The molecular formula is C44H91N3O4. The predicted octanol–water partition coefficient (Wildman–Crippen LogP) is 10.1. The number of ether oxygens (including phenoxy) is 4. The van der Waals surface area contributed by atoms with Gasteiger partial charge < -0.3 is 34.9 Å². The third kappa shape index (κ3) is 16.2. The number of hydrogen-bond donors (Lipinski definition) is 3. The van der Waals surface area contributed by atoms with Crippen LogP contribution in [0.15, 0.2) is 0 Å². The summed E-state index contributed by atoms with van der Waals surface area (Å²) < 4.78 is 25.7. The van der Waals surface area contributed by atoms with Crippen molar-refractivity contribution in [3.63, 3.8) is 0 Å². The predicted molar refractivity (Wildman–Crippen MR) is 220 cm³/mol. The Balaban J connectivity index is 2.72. The molecule has 1 fully saturated rings. The lowest BCUT2D eigenvalue weighted by Crippen LogP contribution is -2.64. The molecule has 51 heavy (non-hydrogen) atoms. The van der Waals surface area contributed by atoms with Gasteiger partial charge in [0.05, 0.1) is 36.1 Å². The van der Waals surface area contributed by atoms with Crippen molar-refractivity contribution in [2.24, 2.45) is 16.7 Å². The molecule has 0 aliphatic carbocycles. The molecule has 0 aromatic rings. The van der Waals surface area contributed by atoms with E-state index in [0.29, 0.717) is 37.3 Å². The maximum absolute atomic E-state index is 6.80. The van der Waals surface area contributed by atoms with Crippen LogP contribution in [0.5, 0.6) is 0 Å². The molecule has 0 spiro atoms. The Morgan fingerprint density at radius 1 is 0.745 bits per heavy atom. The topological polar surface area (TPSA) is 73.0 Å². The third-order valence-corrected chi connectivity index (χ3v) is 12.8. The zero-order valence-electron chi connectivity index (χ0n) is 38.1. The second-order valence-corrected chi connectivity index (χ2v) is 21.6. The van der Waals surface area contributed by atoms with E-state index < -0.39 is 0 Å². The molecule has 1 aliphatic rings. The van der Waals surface area contributed by atoms with E-state index in [0.717, 1.165) is 51.6 Å². The average Bonchev–Trinajstić information content (AvgIpc) is 2.88. The maximum Gasteiger partial charge on any atom is 0.0678 e. The van der Waals surface area contributed by atoms with E-state index in [1.807, 2.05) is 0 Å². The highest BCUT2D eigenvalue weighted by Crippen LogP contribution is 2.42. The molecule has 7 nitrogen and oxygen atoms in total. The summed E-state index contributed by atoms with van der Waals surface area (Å²) in [7, 11) is 1.78. The van der Waals surface area contributed by atoms with Crippen molar-refractivity contribution in [3.05, 3.63) is 0 Å². The van der Waals surface area contributed by atoms with Crippen molar-refractivity contribution < 1.29 is 18.9 Å². The van der Waals surface area contributed by atoms with Crippen LogP contribution in [0.25, 0.3) is 0 Å². The summed E-state index contributed by atoms with van der Waals surface area (Å²) in [5.74, 6) is 0.354. The van der Waals surface area contributed by atoms with Crippen LogP contribution < -0.4 is 16.0 Å². The zero-order chi connectivity index (χ0) is 39.9. The molecule has 0 bridgehead atoms. The minimum absolute atomic E-state index is 0.0416. The number of nitrogens with one attached hydrogen (secondary N) is 3. The largest absolute Gasteiger partial charge is 0.383 e. The molecule has 1 heterocycles. The van der Waals surface area contributed by atoms with Crippen molar-refractivity contribution in [1.82, 2.24) is 16.0 Å². The van der Waals surface area contributed by atoms with Gasteiger partial charge in [-0.05, 0) is 152 Å². The highest BCUT2D eigenvalue weighted by molar-refractivity contribution is 5.02. The molecule has 0 aromatic carbocycles. The van der Waals surface area contributed by atoms with E-state index >= 15 is 0 Å². The summed E-state index contributed by atoms with van der Waals surface area (Å²) in [6.45, 7) is 47.9. The fourth-order valence-electron chi connectivity index (χ4n) is 8.45. The van der Waals surface area contributed by atoms with Gasteiger partial charge in [-0.15, -0.1) is 0 Å². The first-order valence-electron chi connectivity index (χ1n) is 20.6. The Hall–Kier alpha value is -0.280. The molecule has 0 aromatic heterocycles. The second-order valence-electron chi connectivity index (χ2n) is 21.6. The first-order chi connectivity index (χ1) is 22.8. The monoisotopic (exact) mass is 726 g/mol. The Bertz CT molecular complexity index is 994. The highest BCUT2D eigenvalue weighted by atomic mass is 16.5. The van der Waals surface area contributed by atoms with Gasteiger partial charge >= 0.3 is 0 Å². The number of rotatable bonds is 24. The van der Waals surface area contributed by atoms with Gasteiger partial charge in [0.1, 0.15) is 0 Å². The summed E-state index contributed by atoms with van der Waals surface area (Å²) >= 11 is 0. The van der Waals surface area contributed by atoms with E-state index in [4.69, 9.17) is 18.9 Å². The van der Waals surface area contributed by atoms with Crippen LogP contribution in [0.4, 0.5) is 0 Å². The van der Waals surface area contributed by atoms with Crippen molar-refractivity contribution in [3.8, 4) is 0 Å². The molecule has 306 valence electrons. The molecule has 4 unspecified atom stereocenters. The zero-order valence-corrected chi connectivity index (χ0v) is 38.1. The molecule has 0 saturated carbocycles. The molecule has 1 rings (SSSR count). The minimum Gasteiger partial charge on any atom is -0.383 e. The van der Waals surface area contributed by atoms with E-state index in [2.05, 4.69) is 154 Å². The molecule has 3 N–H and O–H groups in total. The van der Waals surface area contributed by atoms with Crippen LogP contribution in [0.1, 0.15) is 183 Å². The molecule has 0 radical (unpaired) electrons. The molecule has 0 amide bonds. The summed E-state index contributed by atoms with van der Waals surface area (Å²) in [6, 6.07) is 1.19. The maximum atomic E-state index is 6.80. The van der Waals surface area contributed by atoms with E-state index in [1.165, 1.54) is 0 Å². The lowest BCUT2D eigenvalue weighted by Gasteiger charge is -2.50. The van der Waals surface area contributed by atoms with Gasteiger partial charge in [0.25, 0.3) is 0 Å². The van der Waals surface area contributed by atoms with Gasteiger partial charge in [-0.3, -0.25) is 0 Å². The number of hydrogen-bond acceptors (Lipinski definition) is 7. The third-order valence-electron chi connectivity index (χ3n) is 12.8. The SMILES string of the molecule is CCCC(COC)NC(C)CC(C)(C)OC(C)CC(C)(C)C(C)(C)OCCC(C)(C)C(C)(C)OCC(C)C(C)(C)NC1CC(C)(C)NC(C)(C)C1. The molecule has 4 atom stereocenters. The van der Waals surface area contributed by atoms with Crippen LogP contribution in [0, 0.1) is 16.7 Å². The van der Waals surface area contributed by atoms with Crippen LogP contribution in [-0.4, -0.2) is 84.6 Å². The Morgan fingerprint density at radius 3 is 1.78 bits per heavy atom. The van der Waals surface area contributed by atoms with Crippen molar-refractivity contribution >= 4 is 0 Å². The minimum atomic E-state index is -0.319. The Morgan fingerprint density at radius 2 is 1.27 bits per heavy atom. The first-order valence-corrected chi connectivity index (χ1v) is 20.6. The normalized spacial score (nSPS) is 20.6. The molecule has 1 aliphatic heterocycles. The van der Waals surface area contributed by atoms with Gasteiger partial charge in [-0.25, -0.2) is 0 Å². The van der Waals surface area contributed by atoms with Crippen molar-refractivity contribution in [2.45, 2.75) is 241 Å². The highest BCUT2D eigenvalue weighted by Gasteiger charge is 2.44. The van der Waals surface area contributed by atoms with Gasteiger partial charge in [0.2, 0.25) is 0 Å². The average molecular weight is 726 g/mol. The van der Waals surface area contributed by atoms with Crippen molar-refractivity contribution in [2.75, 3.05) is 26.9 Å². The summed E-state index contributed by atoms with van der Waals surface area (Å²) in [4.78, 5) is 0. The number of methoxy groups -OCH3 is 1. The Kier molecular flexibility index (Phi) is 17.7. The van der Waals surface area contributed by atoms with Gasteiger partial charge in [0.15, 0.2) is 0 Å². The van der Waals surface area contributed by atoms with E-state index in [1.54, 1.807) is 7.11 Å². The lowest BCUT2D eigenvalue weighted by atomic mass is 9.72. The smallest absolute Gasteiger partial charge is 0.0678 e. The van der Waals surface area contributed by atoms with E-state index in [-0.39, 0.29) is 50.4 Å². The van der Waals surface area contributed by atoms with Gasteiger partial charge in [-0.1, -0.05) is 48.0 Å². The Labute approximate surface area is 319 Å². The quantitative estimate of drug-likeness (QED) is 0.0915. The van der Waals surface area contributed by atoms with Crippen LogP contribution in [0.3, 0.4) is 0 Å². The van der Waals surface area contributed by atoms with E-state index in [9.17, 15) is 0 Å². The van der Waals surface area contributed by atoms with Crippen molar-refractivity contribution in [1.29, 1.82) is 0 Å². The molecule has 1 saturated heterocycles. The summed E-state index contributed by atoms with van der Waals surface area (Å²) in [5.41, 5.74) is -0.821. The first kappa shape index (κ1) is 48.7. The lowest BCUT2D eigenvalue weighted by molar-refractivity contribution is -0.154.